The summed E-state index contributed by atoms with van der Waals surface area (Å²) in [6.45, 7) is 13.1. The van der Waals surface area contributed by atoms with Crippen molar-refractivity contribution in [3.8, 4) is 0 Å². The van der Waals surface area contributed by atoms with Gasteiger partial charge in [0, 0.05) is 50.6 Å². The van der Waals surface area contributed by atoms with Gasteiger partial charge in [-0.3, -0.25) is 4.79 Å². The number of hydrogen-bond donors (Lipinski definition) is 0. The number of halogens is 3. The number of anilines is 1. The predicted octanol–water partition coefficient (Wildman–Crippen LogP) is 5.23. The van der Waals surface area contributed by atoms with Gasteiger partial charge in [0.2, 0.25) is 5.91 Å². The first-order chi connectivity index (χ1) is 17.4. The molecule has 0 unspecified atom stereocenters. The molecule has 0 spiro atoms. The molecule has 3 aliphatic heterocycles. The Morgan fingerprint density at radius 2 is 1.76 bits per heavy atom. The van der Waals surface area contributed by atoms with Crippen LogP contribution in [0.25, 0.3) is 10.2 Å². The third-order valence-electron chi connectivity index (χ3n) is 8.08. The molecule has 0 N–H and O–H groups in total. The Kier molecular flexibility index (Phi) is 7.44. The van der Waals surface area contributed by atoms with Crippen LogP contribution in [0.4, 0.5) is 19.0 Å². The van der Waals surface area contributed by atoms with Gasteiger partial charge < -0.3 is 14.7 Å². The Bertz CT molecular complexity index is 1110. The van der Waals surface area contributed by atoms with Crippen LogP contribution < -0.4 is 4.90 Å². The van der Waals surface area contributed by atoms with Crippen molar-refractivity contribution < 1.29 is 18.0 Å². The van der Waals surface area contributed by atoms with E-state index >= 15 is 0 Å². The standard InChI is InChI=1S/C27H38F3N5OS/c1-26(2,3)12-23(36)34-8-4-18(5-9-34)13-33-7-6-19-15-35(16-20(19)14-33)24-22-10-21(11-27(28,29)30)37-25(22)32-17-31-24/h10,17-20H,4-9,11-16H2,1-3H3/t19-,20+/m1/s1. The second-order valence-electron chi connectivity index (χ2n) is 12.5. The average Bonchev–Trinajstić information content (AvgIpc) is 3.40. The van der Waals surface area contributed by atoms with E-state index in [1.807, 2.05) is 0 Å². The number of fused-ring (bicyclic) bond motifs is 2. The van der Waals surface area contributed by atoms with E-state index in [2.05, 4.69) is 45.4 Å². The van der Waals surface area contributed by atoms with Gasteiger partial charge in [-0.1, -0.05) is 20.8 Å². The van der Waals surface area contributed by atoms with E-state index in [1.54, 1.807) is 6.07 Å². The van der Waals surface area contributed by atoms with E-state index in [0.717, 1.165) is 87.6 Å². The molecule has 3 saturated heterocycles. The molecule has 2 atom stereocenters. The molecule has 0 aromatic carbocycles. The van der Waals surface area contributed by atoms with Crippen LogP contribution in [0.1, 0.15) is 51.3 Å². The summed E-state index contributed by atoms with van der Waals surface area (Å²) in [5.41, 5.74) is 0.0276. The van der Waals surface area contributed by atoms with Crippen molar-refractivity contribution in [2.45, 2.75) is 59.1 Å². The lowest BCUT2D eigenvalue weighted by molar-refractivity contribution is -0.134. The van der Waals surface area contributed by atoms with Crippen molar-refractivity contribution in [3.63, 3.8) is 0 Å². The fraction of sp³-hybridized carbons (Fsp3) is 0.741. The summed E-state index contributed by atoms with van der Waals surface area (Å²) in [5, 5.41) is 0.745. The highest BCUT2D eigenvalue weighted by Gasteiger charge is 2.39. The van der Waals surface area contributed by atoms with E-state index in [9.17, 15) is 18.0 Å². The fourth-order valence-electron chi connectivity index (χ4n) is 6.31. The van der Waals surface area contributed by atoms with Crippen molar-refractivity contribution >= 4 is 33.3 Å². The van der Waals surface area contributed by atoms with Gasteiger partial charge in [-0.25, -0.2) is 9.97 Å². The topological polar surface area (TPSA) is 52.6 Å². The summed E-state index contributed by atoms with van der Waals surface area (Å²) in [7, 11) is 0. The zero-order chi connectivity index (χ0) is 26.4. The highest BCUT2D eigenvalue weighted by atomic mass is 32.1. The van der Waals surface area contributed by atoms with Gasteiger partial charge >= 0.3 is 6.18 Å². The summed E-state index contributed by atoms with van der Waals surface area (Å²) >= 11 is 1.12. The smallest absolute Gasteiger partial charge is 0.355 e. The Morgan fingerprint density at radius 1 is 1.03 bits per heavy atom. The lowest BCUT2D eigenvalue weighted by atomic mass is 9.87. The predicted molar refractivity (Wildman–Crippen MR) is 141 cm³/mol. The molecule has 10 heteroatoms. The van der Waals surface area contributed by atoms with Crippen LogP contribution in [0.3, 0.4) is 0 Å². The maximum absolute atomic E-state index is 12.9. The summed E-state index contributed by atoms with van der Waals surface area (Å²) in [6, 6.07) is 1.63. The van der Waals surface area contributed by atoms with Gasteiger partial charge in [0.1, 0.15) is 17.0 Å². The molecule has 0 bridgehead atoms. The summed E-state index contributed by atoms with van der Waals surface area (Å²) in [5.74, 6) is 2.83. The minimum Gasteiger partial charge on any atom is -0.355 e. The monoisotopic (exact) mass is 537 g/mol. The second-order valence-corrected chi connectivity index (χ2v) is 13.6. The van der Waals surface area contributed by atoms with Gasteiger partial charge in [0.05, 0.1) is 11.8 Å². The first-order valence-corrected chi connectivity index (χ1v) is 14.3. The number of piperidine rings is 2. The minimum absolute atomic E-state index is 0.0276. The molecule has 3 fully saturated rings. The molecular weight excluding hydrogens is 499 g/mol. The van der Waals surface area contributed by atoms with Crippen LogP contribution in [0, 0.1) is 23.2 Å². The summed E-state index contributed by atoms with van der Waals surface area (Å²) < 4.78 is 38.8. The third-order valence-corrected chi connectivity index (χ3v) is 9.13. The summed E-state index contributed by atoms with van der Waals surface area (Å²) in [6.07, 6.45) is 0.237. The van der Waals surface area contributed by atoms with Crippen LogP contribution in [0.5, 0.6) is 0 Å². The molecule has 0 aliphatic carbocycles. The number of thiophene rings is 1. The van der Waals surface area contributed by atoms with Crippen molar-refractivity contribution in [1.29, 1.82) is 0 Å². The number of amides is 1. The van der Waals surface area contributed by atoms with Gasteiger partial charge in [-0.2, -0.15) is 13.2 Å². The third kappa shape index (κ3) is 6.56. The zero-order valence-electron chi connectivity index (χ0n) is 22.1. The Hall–Kier alpha value is -1.94. The number of carbonyl (C=O) groups is 1. The molecule has 204 valence electrons. The number of likely N-dealkylation sites (tertiary alicyclic amines) is 2. The lowest BCUT2D eigenvalue weighted by Crippen LogP contribution is -2.45. The Balaban J connectivity index is 1.15. The maximum atomic E-state index is 12.9. The summed E-state index contributed by atoms with van der Waals surface area (Å²) in [4.78, 5) is 29.2. The van der Waals surface area contributed by atoms with Crippen molar-refractivity contribution in [2.75, 3.05) is 50.7 Å². The Labute approximate surface area is 221 Å². The molecule has 1 amide bonds. The molecular formula is C27H38F3N5OS. The van der Waals surface area contributed by atoms with Crippen molar-refractivity contribution in [2.24, 2.45) is 23.2 Å². The number of nitrogens with zero attached hydrogens (tertiary/aromatic N) is 5. The van der Waals surface area contributed by atoms with E-state index in [-0.39, 0.29) is 16.2 Å². The molecule has 0 radical (unpaired) electrons. The molecule has 3 aliphatic rings. The Morgan fingerprint density at radius 3 is 2.46 bits per heavy atom. The number of alkyl halides is 3. The number of carbonyl (C=O) groups excluding carboxylic acids is 1. The molecule has 37 heavy (non-hydrogen) atoms. The minimum atomic E-state index is -4.22. The van der Waals surface area contributed by atoms with E-state index in [1.165, 1.54) is 6.33 Å². The largest absolute Gasteiger partial charge is 0.393 e. The average molecular weight is 538 g/mol. The van der Waals surface area contributed by atoms with Crippen molar-refractivity contribution in [3.05, 3.63) is 17.3 Å². The van der Waals surface area contributed by atoms with Gasteiger partial charge in [0.15, 0.2) is 0 Å². The SMILES string of the molecule is CC(C)(C)CC(=O)N1CCC(CN2CC[C@@H]3CN(c4ncnc5sc(CC(F)(F)F)cc45)C[C@@H]3C2)CC1. The highest BCUT2D eigenvalue weighted by Crippen LogP contribution is 2.39. The maximum Gasteiger partial charge on any atom is 0.393 e. The van der Waals surface area contributed by atoms with Crippen LogP contribution in [-0.2, 0) is 11.2 Å². The normalized spacial score (nSPS) is 24.2. The second kappa shape index (κ2) is 10.3. The molecule has 0 saturated carbocycles. The molecule has 6 nitrogen and oxygen atoms in total. The van der Waals surface area contributed by atoms with Crippen LogP contribution in [0.15, 0.2) is 12.4 Å². The van der Waals surface area contributed by atoms with Crippen LogP contribution in [-0.4, -0.2) is 77.7 Å². The van der Waals surface area contributed by atoms with Gasteiger partial charge in [-0.05, 0) is 55.0 Å². The molecule has 2 aromatic rings. The zero-order valence-corrected chi connectivity index (χ0v) is 22.9. The number of rotatable bonds is 5. The lowest BCUT2D eigenvalue weighted by Gasteiger charge is -2.39. The molecule has 2 aromatic heterocycles. The first-order valence-electron chi connectivity index (χ1n) is 13.5. The van der Waals surface area contributed by atoms with E-state index in [4.69, 9.17) is 0 Å². The fourth-order valence-corrected chi connectivity index (χ4v) is 7.33. The van der Waals surface area contributed by atoms with E-state index in [0.29, 0.717) is 29.0 Å². The van der Waals surface area contributed by atoms with E-state index < -0.39 is 12.6 Å². The number of aromatic nitrogens is 2. The van der Waals surface area contributed by atoms with Crippen LogP contribution >= 0.6 is 11.3 Å². The van der Waals surface area contributed by atoms with Gasteiger partial charge in [-0.15, -0.1) is 11.3 Å². The number of hydrogen-bond acceptors (Lipinski definition) is 6. The van der Waals surface area contributed by atoms with Crippen LogP contribution in [0.2, 0.25) is 0 Å². The van der Waals surface area contributed by atoms with Gasteiger partial charge in [0.25, 0.3) is 0 Å². The van der Waals surface area contributed by atoms with Crippen molar-refractivity contribution in [1.82, 2.24) is 19.8 Å². The molecule has 5 heterocycles. The highest BCUT2D eigenvalue weighted by molar-refractivity contribution is 7.18. The molecule has 5 rings (SSSR count). The first kappa shape index (κ1) is 26.7. The quantitative estimate of drug-likeness (QED) is 0.523.